The van der Waals surface area contributed by atoms with E-state index in [2.05, 4.69) is 5.32 Å². The number of hydrogen-bond acceptors (Lipinski definition) is 6. The van der Waals surface area contributed by atoms with Crippen LogP contribution in [0.2, 0.25) is 0 Å². The first-order valence-corrected chi connectivity index (χ1v) is 8.96. The molecule has 10 heteroatoms. The predicted molar refractivity (Wildman–Crippen MR) is 101 cm³/mol. The van der Waals surface area contributed by atoms with Crippen LogP contribution in [0.1, 0.15) is 0 Å². The normalized spacial score (nSPS) is 19.7. The Labute approximate surface area is 161 Å². The molecule has 27 heavy (non-hydrogen) atoms. The topological polar surface area (TPSA) is 74.4 Å². The Kier molecular flexibility index (Phi) is 5.94. The molecule has 2 amide bonds. The molecule has 3 rings (SSSR count). The summed E-state index contributed by atoms with van der Waals surface area (Å²) in [4.78, 5) is 27.8. The molecule has 0 unspecified atom stereocenters. The van der Waals surface area contributed by atoms with Gasteiger partial charge in [-0.15, -0.1) is 0 Å². The van der Waals surface area contributed by atoms with Gasteiger partial charge in [-0.05, 0) is 30.4 Å². The highest BCUT2D eigenvalue weighted by molar-refractivity contribution is 7.80. The Hall–Kier alpha value is -2.62. The highest BCUT2D eigenvalue weighted by atomic mass is 32.1. The molecule has 1 atom stereocenters. The molecule has 2 heterocycles. The third-order valence-corrected chi connectivity index (χ3v) is 4.89. The summed E-state index contributed by atoms with van der Waals surface area (Å²) in [5.74, 6) is -0.415. The van der Waals surface area contributed by atoms with Crippen LogP contribution < -0.4 is 15.1 Å². The summed E-state index contributed by atoms with van der Waals surface area (Å²) >= 11 is 4.89. The van der Waals surface area contributed by atoms with Crippen molar-refractivity contribution in [2.45, 2.75) is 6.10 Å². The van der Waals surface area contributed by atoms with Crippen molar-refractivity contribution in [1.29, 1.82) is 0 Å². The van der Waals surface area contributed by atoms with E-state index in [4.69, 9.17) is 21.7 Å². The van der Waals surface area contributed by atoms with Gasteiger partial charge in [0.2, 0.25) is 6.41 Å². The molecule has 0 aromatic heterocycles. The van der Waals surface area contributed by atoms with Gasteiger partial charge in [-0.25, -0.2) is 9.18 Å². The quantitative estimate of drug-likeness (QED) is 0.587. The van der Waals surface area contributed by atoms with Gasteiger partial charge in [0.15, 0.2) is 0 Å². The molecule has 0 spiro atoms. The first-order valence-electron chi connectivity index (χ1n) is 8.55. The van der Waals surface area contributed by atoms with Gasteiger partial charge >= 0.3 is 6.09 Å². The van der Waals surface area contributed by atoms with Crippen LogP contribution in [0.3, 0.4) is 0 Å². The number of benzene rings is 1. The van der Waals surface area contributed by atoms with Gasteiger partial charge in [-0.2, -0.15) is 0 Å². The van der Waals surface area contributed by atoms with Crippen molar-refractivity contribution in [3.8, 4) is 0 Å². The van der Waals surface area contributed by atoms with Crippen LogP contribution in [0, 0.1) is 5.82 Å². The lowest BCUT2D eigenvalue weighted by Gasteiger charge is -2.34. The average molecular weight is 396 g/mol. The molecular weight excluding hydrogens is 375 g/mol. The number of carbonyl (C=O) groups excluding carboxylic acids is 2. The van der Waals surface area contributed by atoms with Crippen molar-refractivity contribution in [2.75, 3.05) is 56.2 Å². The monoisotopic (exact) mass is 396 g/mol. The number of halogens is 1. The SMILES string of the molecule is COC(=S)NC[C@H]1CN(c2ccc(N3CCN(C=O)CC3)c(F)c2)C(=O)O1. The second kappa shape index (κ2) is 8.38. The number of methoxy groups -OCH3 is 1. The fourth-order valence-corrected chi connectivity index (χ4v) is 3.18. The Balaban J connectivity index is 1.64. The summed E-state index contributed by atoms with van der Waals surface area (Å²) in [6.45, 7) is 2.84. The van der Waals surface area contributed by atoms with Crippen LogP contribution in [0.5, 0.6) is 0 Å². The highest BCUT2D eigenvalue weighted by Crippen LogP contribution is 2.28. The molecule has 2 aliphatic heterocycles. The third kappa shape index (κ3) is 4.38. The summed E-state index contributed by atoms with van der Waals surface area (Å²) in [6, 6.07) is 4.68. The van der Waals surface area contributed by atoms with Crippen molar-refractivity contribution in [3.63, 3.8) is 0 Å². The largest absolute Gasteiger partial charge is 0.474 e. The van der Waals surface area contributed by atoms with E-state index in [1.54, 1.807) is 17.0 Å². The number of anilines is 2. The van der Waals surface area contributed by atoms with Crippen molar-refractivity contribution < 1.29 is 23.5 Å². The zero-order valence-corrected chi connectivity index (χ0v) is 15.7. The Morgan fingerprint density at radius 1 is 1.41 bits per heavy atom. The smallest absolute Gasteiger partial charge is 0.414 e. The molecule has 2 aliphatic rings. The van der Waals surface area contributed by atoms with E-state index in [-0.39, 0.29) is 11.7 Å². The van der Waals surface area contributed by atoms with Crippen LogP contribution in [-0.2, 0) is 14.3 Å². The van der Waals surface area contributed by atoms with E-state index in [1.165, 1.54) is 18.1 Å². The molecule has 1 N–H and O–H groups in total. The van der Waals surface area contributed by atoms with E-state index in [0.29, 0.717) is 44.1 Å². The second-order valence-electron chi connectivity index (χ2n) is 6.25. The number of ether oxygens (including phenoxy) is 2. The Morgan fingerprint density at radius 3 is 2.78 bits per heavy atom. The standard InChI is InChI=1S/C17H21FN4O4S/c1-25-16(27)19-9-13-10-22(17(24)26-13)12-2-3-15(14(18)8-12)21-6-4-20(11-23)5-7-21/h2-3,8,11,13H,4-7,9-10H2,1H3,(H,19,27)/t13-/m0/s1. The molecule has 1 aromatic rings. The summed E-state index contributed by atoms with van der Waals surface area (Å²) in [5.41, 5.74) is 0.894. The van der Waals surface area contributed by atoms with Crippen LogP contribution in [0.25, 0.3) is 0 Å². The molecule has 0 bridgehead atoms. The summed E-state index contributed by atoms with van der Waals surface area (Å²) < 4.78 is 24.8. The molecule has 1 aromatic carbocycles. The van der Waals surface area contributed by atoms with Gasteiger partial charge in [0.05, 0.1) is 31.6 Å². The van der Waals surface area contributed by atoms with Crippen molar-refractivity contribution in [3.05, 3.63) is 24.0 Å². The van der Waals surface area contributed by atoms with E-state index >= 15 is 0 Å². The van der Waals surface area contributed by atoms with E-state index < -0.39 is 18.0 Å². The van der Waals surface area contributed by atoms with Crippen LogP contribution >= 0.6 is 12.2 Å². The zero-order valence-electron chi connectivity index (χ0n) is 14.9. The summed E-state index contributed by atoms with van der Waals surface area (Å²) in [7, 11) is 1.45. The number of thiocarbonyl (C=S) groups is 1. The minimum atomic E-state index is -0.531. The number of piperazine rings is 1. The summed E-state index contributed by atoms with van der Waals surface area (Å²) in [5, 5.41) is 3.05. The van der Waals surface area contributed by atoms with Gasteiger partial charge in [0.1, 0.15) is 11.9 Å². The molecule has 146 valence electrons. The maximum Gasteiger partial charge on any atom is 0.414 e. The van der Waals surface area contributed by atoms with Crippen LogP contribution in [0.4, 0.5) is 20.6 Å². The second-order valence-corrected chi connectivity index (χ2v) is 6.62. The number of rotatable bonds is 5. The maximum atomic E-state index is 14.6. The first kappa shape index (κ1) is 19.2. The summed E-state index contributed by atoms with van der Waals surface area (Å²) in [6.07, 6.45) is -0.137. The van der Waals surface area contributed by atoms with Gasteiger partial charge in [-0.1, -0.05) is 0 Å². The predicted octanol–water partition coefficient (Wildman–Crippen LogP) is 0.950. The van der Waals surface area contributed by atoms with Crippen molar-refractivity contribution in [1.82, 2.24) is 10.2 Å². The average Bonchev–Trinajstić information content (AvgIpc) is 3.06. The number of hydrogen-bond donors (Lipinski definition) is 1. The maximum absolute atomic E-state index is 14.6. The number of amides is 2. The number of nitrogens with zero attached hydrogens (tertiary/aromatic N) is 3. The highest BCUT2D eigenvalue weighted by Gasteiger charge is 2.33. The number of cyclic esters (lactones) is 1. The minimum absolute atomic E-state index is 0.217. The van der Waals surface area contributed by atoms with E-state index in [0.717, 1.165) is 6.41 Å². The van der Waals surface area contributed by atoms with E-state index in [1.807, 2.05) is 4.90 Å². The molecule has 0 radical (unpaired) electrons. The molecule has 0 saturated carbocycles. The van der Waals surface area contributed by atoms with Crippen LogP contribution in [-0.4, -0.2) is 75.1 Å². The van der Waals surface area contributed by atoms with Gasteiger partial charge < -0.3 is 24.6 Å². The van der Waals surface area contributed by atoms with Gasteiger partial charge in [-0.3, -0.25) is 9.69 Å². The van der Waals surface area contributed by atoms with Crippen molar-refractivity contribution >= 4 is 41.3 Å². The number of carbonyl (C=O) groups is 2. The molecule has 2 saturated heterocycles. The van der Waals surface area contributed by atoms with Gasteiger partial charge in [0, 0.05) is 26.2 Å². The fourth-order valence-electron chi connectivity index (χ4n) is 3.10. The van der Waals surface area contributed by atoms with Crippen molar-refractivity contribution in [2.24, 2.45) is 0 Å². The van der Waals surface area contributed by atoms with Gasteiger partial charge in [0.25, 0.3) is 5.17 Å². The lowest BCUT2D eigenvalue weighted by Crippen LogP contribution is -2.46. The third-order valence-electron chi connectivity index (χ3n) is 4.58. The molecule has 8 nitrogen and oxygen atoms in total. The minimum Gasteiger partial charge on any atom is -0.474 e. The Bertz CT molecular complexity index is 727. The zero-order chi connectivity index (χ0) is 19.4. The molecule has 0 aliphatic carbocycles. The lowest BCUT2D eigenvalue weighted by atomic mass is 10.2. The first-order chi connectivity index (χ1) is 13.0. The fraction of sp³-hybridized carbons (Fsp3) is 0.471. The van der Waals surface area contributed by atoms with E-state index in [9.17, 15) is 14.0 Å². The molecular formula is C17H21FN4O4S. The number of nitrogens with one attached hydrogen (secondary N) is 1. The molecule has 2 fully saturated rings. The lowest BCUT2D eigenvalue weighted by molar-refractivity contribution is -0.118. The Morgan fingerprint density at radius 2 is 2.15 bits per heavy atom. The van der Waals surface area contributed by atoms with Crippen LogP contribution in [0.15, 0.2) is 18.2 Å².